The van der Waals surface area contributed by atoms with Crippen molar-refractivity contribution in [2.45, 2.75) is 25.7 Å². The van der Waals surface area contributed by atoms with Gasteiger partial charge in [-0.15, -0.1) is 0 Å². The van der Waals surface area contributed by atoms with E-state index < -0.39 is 35.0 Å². The Morgan fingerprint density at radius 1 is 0.673 bits per heavy atom. The minimum absolute atomic E-state index is 0.00588. The molecule has 2 aliphatic carbocycles. The summed E-state index contributed by atoms with van der Waals surface area (Å²) in [6.07, 6.45) is 2.46. The van der Waals surface area contributed by atoms with Gasteiger partial charge in [0.15, 0.2) is 5.78 Å². The summed E-state index contributed by atoms with van der Waals surface area (Å²) in [7, 11) is 0. The molecular formula is C44H34N2O6. The van der Waals surface area contributed by atoms with Crippen LogP contribution in [0.1, 0.15) is 47.2 Å². The molecule has 256 valence electrons. The number of aromatic hydroxyl groups is 1. The van der Waals surface area contributed by atoms with Gasteiger partial charge in [-0.2, -0.15) is 0 Å². The van der Waals surface area contributed by atoms with Crippen molar-refractivity contribution in [2.75, 3.05) is 9.80 Å². The van der Waals surface area contributed by atoms with E-state index in [1.165, 1.54) is 9.80 Å². The van der Waals surface area contributed by atoms with Gasteiger partial charge in [-0.1, -0.05) is 90.5 Å². The van der Waals surface area contributed by atoms with Crippen molar-refractivity contribution in [3.8, 4) is 5.75 Å². The van der Waals surface area contributed by atoms with Crippen LogP contribution in [0.15, 0.2) is 133 Å². The number of benzene rings is 5. The van der Waals surface area contributed by atoms with Gasteiger partial charge in [-0.05, 0) is 78.9 Å². The number of hydrogen-bond donors (Lipinski definition) is 1. The Balaban J connectivity index is 1.14. The van der Waals surface area contributed by atoms with E-state index in [0.717, 1.165) is 16.3 Å². The fourth-order valence-electron chi connectivity index (χ4n) is 9.51. The largest absolute Gasteiger partial charge is 0.508 e. The molecule has 1 N–H and O–H groups in total. The first-order valence-corrected chi connectivity index (χ1v) is 17.6. The normalized spacial score (nSPS) is 26.6. The minimum atomic E-state index is -1.28. The number of fused-ring (bicyclic) bond motifs is 5. The van der Waals surface area contributed by atoms with Crippen molar-refractivity contribution in [1.29, 1.82) is 0 Å². The fourth-order valence-corrected chi connectivity index (χ4v) is 9.51. The number of phenolic OH excluding ortho intramolecular Hbond substituents is 1. The third-order valence-corrected chi connectivity index (χ3v) is 11.9. The number of allylic oxidation sites excluding steroid dienone is 2. The van der Waals surface area contributed by atoms with Gasteiger partial charge in [0.25, 0.3) is 0 Å². The van der Waals surface area contributed by atoms with Crippen LogP contribution in [-0.2, 0) is 19.2 Å². The molecule has 0 unspecified atom stereocenters. The van der Waals surface area contributed by atoms with Gasteiger partial charge in [0, 0.05) is 22.6 Å². The third-order valence-electron chi connectivity index (χ3n) is 11.9. The van der Waals surface area contributed by atoms with Crippen molar-refractivity contribution in [3.05, 3.63) is 150 Å². The maximum Gasteiger partial charge on any atom is 0.241 e. The summed E-state index contributed by atoms with van der Waals surface area (Å²) in [5.74, 6) is -5.07. The first kappa shape index (κ1) is 31.8. The molecule has 0 radical (unpaired) electrons. The summed E-state index contributed by atoms with van der Waals surface area (Å²) in [5, 5.41) is 13.3. The van der Waals surface area contributed by atoms with E-state index in [-0.39, 0.29) is 48.0 Å². The summed E-state index contributed by atoms with van der Waals surface area (Å²) in [5.41, 5.74) is 1.88. The van der Waals surface area contributed by atoms with E-state index in [0.29, 0.717) is 28.1 Å². The lowest BCUT2D eigenvalue weighted by Gasteiger charge is -2.49. The van der Waals surface area contributed by atoms with Gasteiger partial charge in [-0.25, -0.2) is 4.90 Å². The fraction of sp³-hybridized carbons (Fsp3) is 0.205. The average molecular weight is 687 g/mol. The van der Waals surface area contributed by atoms with Crippen molar-refractivity contribution in [3.63, 3.8) is 0 Å². The third kappa shape index (κ3) is 4.43. The molecule has 1 saturated carbocycles. The highest BCUT2D eigenvalue weighted by atomic mass is 16.3. The molecule has 0 spiro atoms. The van der Waals surface area contributed by atoms with Crippen LogP contribution in [0.5, 0.6) is 5.75 Å². The lowest BCUT2D eigenvalue weighted by Crippen LogP contribution is -2.49. The molecule has 4 amide bonds. The molecule has 2 heterocycles. The summed E-state index contributed by atoms with van der Waals surface area (Å²) >= 11 is 0. The summed E-state index contributed by atoms with van der Waals surface area (Å²) in [4.78, 5) is 73.5. The zero-order chi connectivity index (χ0) is 35.9. The second kappa shape index (κ2) is 11.7. The van der Waals surface area contributed by atoms with E-state index in [9.17, 15) is 29.1 Å². The van der Waals surface area contributed by atoms with E-state index in [2.05, 4.69) is 0 Å². The summed E-state index contributed by atoms with van der Waals surface area (Å²) in [6.45, 7) is 1.82. The molecule has 2 aliphatic heterocycles. The molecule has 8 nitrogen and oxygen atoms in total. The Hall–Kier alpha value is -6.15. The highest BCUT2D eigenvalue weighted by Gasteiger charge is 2.68. The standard InChI is InChI=1S/C44H34N2O6/c1-44-34(41(50)46(43(44)52)28-13-6-3-7-14-28)24-33-31(38(44)37-30-15-9-8-10-25(30)18-23-35(37)47)21-22-32-36(33)42(51)45(40(32)49)29-19-16-27(17-20-29)39(48)26-11-4-2-5-12-26/h2-21,23,32-34,36,38,47H,22,24H2,1H3/t32-,33+,34-,36-,38+,44+/m0/s1. The van der Waals surface area contributed by atoms with Gasteiger partial charge in [0.05, 0.1) is 34.5 Å². The lowest BCUT2D eigenvalue weighted by atomic mass is 9.51. The number of carbonyl (C=O) groups is 5. The topological polar surface area (TPSA) is 112 Å². The van der Waals surface area contributed by atoms with Gasteiger partial charge in [0.1, 0.15) is 5.75 Å². The number of imide groups is 2. The SMILES string of the molecule is C[C@@]12C(=O)N(c3ccccc3)C(=O)[C@@H]1C[C@@H]1C(=CC[C@@H]3C(=O)N(c4ccc(C(=O)c5ccccc5)cc4)C(=O)[C@@H]31)[C@@H]2c1c(O)ccc2ccccc12. The van der Waals surface area contributed by atoms with Crippen LogP contribution in [0.4, 0.5) is 11.4 Å². The number of hydrogen-bond acceptors (Lipinski definition) is 6. The predicted molar refractivity (Wildman–Crippen MR) is 195 cm³/mol. The highest BCUT2D eigenvalue weighted by Crippen LogP contribution is 2.65. The Labute approximate surface area is 300 Å². The Morgan fingerprint density at radius 3 is 2.04 bits per heavy atom. The van der Waals surface area contributed by atoms with E-state index >= 15 is 0 Å². The number of amides is 4. The molecule has 8 heteroatoms. The first-order chi connectivity index (χ1) is 25.2. The molecule has 0 aromatic heterocycles. The molecule has 5 aromatic carbocycles. The summed E-state index contributed by atoms with van der Waals surface area (Å²) < 4.78 is 0. The van der Waals surface area contributed by atoms with Crippen LogP contribution < -0.4 is 9.80 Å². The van der Waals surface area contributed by atoms with Crippen molar-refractivity contribution in [1.82, 2.24) is 0 Å². The molecule has 9 rings (SSSR count). The highest BCUT2D eigenvalue weighted by molar-refractivity contribution is 6.25. The zero-order valence-electron chi connectivity index (χ0n) is 28.3. The Bertz CT molecular complexity index is 2370. The number of nitrogens with zero attached hydrogens (tertiary/aromatic N) is 2. The van der Waals surface area contributed by atoms with Crippen LogP contribution in [0.2, 0.25) is 0 Å². The van der Waals surface area contributed by atoms with E-state index in [4.69, 9.17) is 0 Å². The number of ketones is 1. The molecule has 5 aromatic rings. The zero-order valence-corrected chi connectivity index (χ0v) is 28.3. The molecule has 6 atom stereocenters. The number of para-hydroxylation sites is 1. The molecular weight excluding hydrogens is 652 g/mol. The van der Waals surface area contributed by atoms with Gasteiger partial charge in [0.2, 0.25) is 23.6 Å². The maximum absolute atomic E-state index is 14.8. The average Bonchev–Trinajstić information content (AvgIpc) is 3.55. The maximum atomic E-state index is 14.8. The van der Waals surface area contributed by atoms with Crippen LogP contribution in [0.25, 0.3) is 10.8 Å². The van der Waals surface area contributed by atoms with Crippen molar-refractivity contribution >= 4 is 51.6 Å². The molecule has 52 heavy (non-hydrogen) atoms. The Morgan fingerprint density at radius 2 is 1.31 bits per heavy atom. The van der Waals surface area contributed by atoms with Crippen LogP contribution in [0.3, 0.4) is 0 Å². The smallest absolute Gasteiger partial charge is 0.241 e. The van der Waals surface area contributed by atoms with Crippen LogP contribution >= 0.6 is 0 Å². The number of anilines is 2. The molecule has 4 aliphatic rings. The van der Waals surface area contributed by atoms with Gasteiger partial charge < -0.3 is 5.11 Å². The quantitative estimate of drug-likeness (QED) is 0.119. The van der Waals surface area contributed by atoms with Gasteiger partial charge >= 0.3 is 0 Å². The van der Waals surface area contributed by atoms with Crippen LogP contribution in [-0.4, -0.2) is 34.5 Å². The molecule has 3 fully saturated rings. The Kier molecular flexibility index (Phi) is 7.16. The first-order valence-electron chi connectivity index (χ1n) is 17.6. The number of rotatable bonds is 5. The van der Waals surface area contributed by atoms with Gasteiger partial charge in [-0.3, -0.25) is 28.9 Å². The second-order valence-electron chi connectivity index (χ2n) is 14.5. The minimum Gasteiger partial charge on any atom is -0.508 e. The second-order valence-corrected chi connectivity index (χ2v) is 14.5. The summed E-state index contributed by atoms with van der Waals surface area (Å²) in [6, 6.07) is 35.4. The predicted octanol–water partition coefficient (Wildman–Crippen LogP) is 7.21. The lowest BCUT2D eigenvalue weighted by molar-refractivity contribution is -0.131. The van der Waals surface area contributed by atoms with E-state index in [1.54, 1.807) is 78.9 Å². The number of carbonyl (C=O) groups excluding carboxylic acids is 5. The molecule has 2 saturated heterocycles. The van der Waals surface area contributed by atoms with Crippen molar-refractivity contribution in [2.24, 2.45) is 29.1 Å². The monoisotopic (exact) mass is 686 g/mol. The van der Waals surface area contributed by atoms with Crippen LogP contribution in [0, 0.1) is 29.1 Å². The van der Waals surface area contributed by atoms with E-state index in [1.807, 2.05) is 55.5 Å². The van der Waals surface area contributed by atoms with Crippen molar-refractivity contribution < 1.29 is 29.1 Å². The molecule has 0 bridgehead atoms. The number of phenols is 1.